The Balaban J connectivity index is 0.000000360. The third kappa shape index (κ3) is 5.39. The van der Waals surface area contributed by atoms with Crippen LogP contribution in [-0.2, 0) is 15.1 Å². The molecule has 0 aromatic heterocycles. The van der Waals surface area contributed by atoms with Crippen LogP contribution >= 0.6 is 0 Å². The number of hydrogen-bond acceptors (Lipinski definition) is 5. The molecule has 1 saturated heterocycles. The number of halogens is 3. The summed E-state index contributed by atoms with van der Waals surface area (Å²) < 4.78 is 38.2. The zero-order chi connectivity index (χ0) is 23.2. The fourth-order valence-electron chi connectivity index (χ4n) is 4.09. The predicted octanol–water partition coefficient (Wildman–Crippen LogP) is 4.30. The first-order valence-corrected chi connectivity index (χ1v) is 10.2. The summed E-state index contributed by atoms with van der Waals surface area (Å²) in [5.74, 6) is -2.76. The molecule has 6 nitrogen and oxygen atoms in total. The molecule has 2 aliphatic heterocycles. The number of piperidine rings is 1. The smallest absolute Gasteiger partial charge is 0.475 e. The lowest BCUT2D eigenvalue weighted by molar-refractivity contribution is -0.192. The van der Waals surface area contributed by atoms with Crippen LogP contribution in [0.1, 0.15) is 18.4 Å². The Morgan fingerprint density at radius 2 is 1.66 bits per heavy atom. The van der Waals surface area contributed by atoms with Crippen LogP contribution < -0.4 is 4.90 Å². The number of alkyl halides is 3. The number of hydrogen-bond donors (Lipinski definition) is 1. The molecule has 0 amide bonds. The molecule has 1 N–H and O–H groups in total. The van der Waals surface area contributed by atoms with Crippen molar-refractivity contribution >= 4 is 17.3 Å². The number of fused-ring (bicyclic) bond motifs is 2. The van der Waals surface area contributed by atoms with Crippen LogP contribution in [-0.4, -0.2) is 54.9 Å². The topological polar surface area (TPSA) is 76.8 Å². The van der Waals surface area contributed by atoms with Gasteiger partial charge in [-0.3, -0.25) is 4.90 Å². The molecule has 1 spiro atoms. The van der Waals surface area contributed by atoms with Crippen molar-refractivity contribution in [3.05, 3.63) is 60.2 Å². The van der Waals surface area contributed by atoms with E-state index in [1.807, 2.05) is 0 Å². The van der Waals surface area contributed by atoms with E-state index in [9.17, 15) is 13.2 Å². The van der Waals surface area contributed by atoms with Crippen LogP contribution in [0.3, 0.4) is 0 Å². The van der Waals surface area contributed by atoms with Crippen molar-refractivity contribution in [2.45, 2.75) is 24.6 Å². The van der Waals surface area contributed by atoms with Crippen LogP contribution in [0.4, 0.5) is 24.5 Å². The minimum atomic E-state index is -5.08. The third-order valence-corrected chi connectivity index (χ3v) is 5.65. The van der Waals surface area contributed by atoms with E-state index in [0.29, 0.717) is 13.2 Å². The van der Waals surface area contributed by atoms with Crippen molar-refractivity contribution in [3.63, 3.8) is 0 Å². The van der Waals surface area contributed by atoms with Gasteiger partial charge in [0.05, 0.1) is 24.8 Å². The fourth-order valence-corrected chi connectivity index (χ4v) is 4.09. The molecular formula is C23H24F3N3O3. The lowest BCUT2D eigenvalue weighted by Gasteiger charge is -2.41. The first-order valence-electron chi connectivity index (χ1n) is 10.2. The highest BCUT2D eigenvalue weighted by Crippen LogP contribution is 2.44. The van der Waals surface area contributed by atoms with E-state index < -0.39 is 12.1 Å². The van der Waals surface area contributed by atoms with E-state index in [0.717, 1.165) is 32.5 Å². The quantitative estimate of drug-likeness (QED) is 0.692. The second kappa shape index (κ2) is 10.0. The van der Waals surface area contributed by atoms with Crippen LogP contribution in [0, 0.1) is 11.3 Å². The number of anilines is 2. The predicted molar refractivity (Wildman–Crippen MR) is 112 cm³/mol. The Bertz CT molecular complexity index is 952. The standard InChI is InChI=1S/C21H23N3O.C2HF3O2/c22-12-15-23-13-10-21(11-14-23)19-8-4-5-9-20(19)24(16-17-25-21)18-6-2-1-3-7-18;3-2(4,5)1(6)7/h1-9H,10-11,13-17H2;(H,6,7). The van der Waals surface area contributed by atoms with Crippen molar-refractivity contribution in [2.75, 3.05) is 37.7 Å². The normalized spacial score (nSPS) is 18.0. The van der Waals surface area contributed by atoms with Gasteiger partial charge in [0.1, 0.15) is 0 Å². The summed E-state index contributed by atoms with van der Waals surface area (Å²) in [4.78, 5) is 13.5. The number of carbonyl (C=O) groups is 1. The number of benzene rings is 2. The van der Waals surface area contributed by atoms with Crippen LogP contribution in [0.5, 0.6) is 0 Å². The van der Waals surface area contributed by atoms with Gasteiger partial charge in [-0.1, -0.05) is 36.4 Å². The van der Waals surface area contributed by atoms with Gasteiger partial charge >= 0.3 is 12.1 Å². The van der Waals surface area contributed by atoms with Gasteiger partial charge in [0.2, 0.25) is 0 Å². The molecule has 9 heteroatoms. The Labute approximate surface area is 184 Å². The first kappa shape index (κ1) is 23.6. The van der Waals surface area contributed by atoms with Crippen molar-refractivity contribution in [3.8, 4) is 6.07 Å². The van der Waals surface area contributed by atoms with E-state index in [-0.39, 0.29) is 5.60 Å². The largest absolute Gasteiger partial charge is 0.490 e. The van der Waals surface area contributed by atoms with Crippen molar-refractivity contribution in [2.24, 2.45) is 0 Å². The van der Waals surface area contributed by atoms with Gasteiger partial charge in [0.25, 0.3) is 0 Å². The van der Waals surface area contributed by atoms with Gasteiger partial charge in [-0.2, -0.15) is 18.4 Å². The maximum atomic E-state index is 10.6. The first-order chi connectivity index (χ1) is 15.3. The maximum Gasteiger partial charge on any atom is 0.490 e. The van der Waals surface area contributed by atoms with E-state index in [1.165, 1.54) is 16.9 Å². The van der Waals surface area contributed by atoms with Crippen LogP contribution in [0.25, 0.3) is 0 Å². The second-order valence-corrected chi connectivity index (χ2v) is 7.58. The molecular weight excluding hydrogens is 423 g/mol. The SMILES string of the molecule is N#CCN1CCC2(CC1)OCCN(c1ccccc1)c1ccccc12.O=C(O)C(F)(F)F. The molecule has 0 aliphatic carbocycles. The molecule has 0 saturated carbocycles. The van der Waals surface area contributed by atoms with Gasteiger partial charge in [0.15, 0.2) is 0 Å². The summed E-state index contributed by atoms with van der Waals surface area (Å²) in [6, 6.07) is 21.4. The van der Waals surface area contributed by atoms with Crippen LogP contribution in [0.2, 0.25) is 0 Å². The molecule has 0 atom stereocenters. The van der Waals surface area contributed by atoms with E-state index in [4.69, 9.17) is 19.9 Å². The number of nitriles is 1. The van der Waals surface area contributed by atoms with Gasteiger partial charge in [-0.05, 0) is 31.0 Å². The van der Waals surface area contributed by atoms with Crippen molar-refractivity contribution in [1.29, 1.82) is 5.26 Å². The molecule has 0 bridgehead atoms. The van der Waals surface area contributed by atoms with E-state index in [2.05, 4.69) is 70.5 Å². The number of aliphatic carboxylic acids is 1. The summed E-state index contributed by atoms with van der Waals surface area (Å²) >= 11 is 0. The summed E-state index contributed by atoms with van der Waals surface area (Å²) in [5, 5.41) is 16.1. The number of ether oxygens (including phenoxy) is 1. The molecule has 0 radical (unpaired) electrons. The number of nitrogens with zero attached hydrogens (tertiary/aromatic N) is 3. The average molecular weight is 447 g/mol. The Kier molecular flexibility index (Phi) is 7.38. The molecule has 32 heavy (non-hydrogen) atoms. The maximum absolute atomic E-state index is 10.6. The summed E-state index contributed by atoms with van der Waals surface area (Å²) in [7, 11) is 0. The molecule has 2 aliphatic rings. The molecule has 4 rings (SSSR count). The van der Waals surface area contributed by atoms with Crippen LogP contribution in [0.15, 0.2) is 54.6 Å². The monoisotopic (exact) mass is 447 g/mol. The molecule has 2 aromatic carbocycles. The summed E-state index contributed by atoms with van der Waals surface area (Å²) in [5.41, 5.74) is 3.51. The van der Waals surface area contributed by atoms with Gasteiger partial charge in [0, 0.05) is 36.6 Å². The highest BCUT2D eigenvalue weighted by molar-refractivity contribution is 5.73. The Morgan fingerprint density at radius 3 is 2.25 bits per heavy atom. The average Bonchev–Trinajstić information content (AvgIpc) is 2.94. The Hall–Kier alpha value is -3.09. The number of para-hydroxylation sites is 2. The van der Waals surface area contributed by atoms with Crippen molar-refractivity contribution in [1.82, 2.24) is 4.90 Å². The fraction of sp³-hybridized carbons (Fsp3) is 0.391. The summed E-state index contributed by atoms with van der Waals surface area (Å²) in [6.45, 7) is 3.89. The summed E-state index contributed by atoms with van der Waals surface area (Å²) in [6.07, 6.45) is -3.21. The molecule has 0 unspecified atom stereocenters. The van der Waals surface area contributed by atoms with E-state index >= 15 is 0 Å². The lowest BCUT2D eigenvalue weighted by atomic mass is 9.83. The Morgan fingerprint density at radius 1 is 1.06 bits per heavy atom. The van der Waals surface area contributed by atoms with Gasteiger partial charge in [-0.15, -0.1) is 0 Å². The molecule has 170 valence electrons. The minimum Gasteiger partial charge on any atom is -0.475 e. The van der Waals surface area contributed by atoms with E-state index in [1.54, 1.807) is 0 Å². The minimum absolute atomic E-state index is 0.230. The highest BCUT2D eigenvalue weighted by atomic mass is 19.4. The lowest BCUT2D eigenvalue weighted by Crippen LogP contribution is -2.44. The van der Waals surface area contributed by atoms with Gasteiger partial charge < -0.3 is 14.7 Å². The number of rotatable bonds is 2. The number of likely N-dealkylation sites (tertiary alicyclic amines) is 1. The molecule has 1 fully saturated rings. The van der Waals surface area contributed by atoms with Crippen molar-refractivity contribution < 1.29 is 27.8 Å². The zero-order valence-corrected chi connectivity index (χ0v) is 17.4. The third-order valence-electron chi connectivity index (χ3n) is 5.65. The second-order valence-electron chi connectivity index (χ2n) is 7.58. The molecule has 2 heterocycles. The van der Waals surface area contributed by atoms with Gasteiger partial charge in [-0.25, -0.2) is 4.79 Å². The number of carboxylic acid groups (broad SMARTS) is 1. The zero-order valence-electron chi connectivity index (χ0n) is 17.4. The highest BCUT2D eigenvalue weighted by Gasteiger charge is 2.41. The molecule has 2 aromatic rings. The number of carboxylic acids is 1.